The van der Waals surface area contributed by atoms with Gasteiger partial charge in [-0.1, -0.05) is 159 Å². The van der Waals surface area contributed by atoms with Crippen LogP contribution in [0.5, 0.6) is 17.2 Å². The third-order valence-electron chi connectivity index (χ3n) is 19.6. The number of ether oxygens (including phenoxy) is 8. The summed E-state index contributed by atoms with van der Waals surface area (Å²) in [7, 11) is -11.6. The number of unbranched alkanes of at least 4 members (excludes halogenated alkanes) is 12. The van der Waals surface area contributed by atoms with Crippen molar-refractivity contribution in [2.75, 3.05) is 145 Å². The van der Waals surface area contributed by atoms with E-state index in [4.69, 9.17) is 62.7 Å². The molecule has 3 unspecified atom stereocenters. The van der Waals surface area contributed by atoms with Crippen molar-refractivity contribution in [3.05, 3.63) is 196 Å². The molecule has 0 aromatic heterocycles. The standard InChI is InChI=1S/C34H54NO10PS.C33H50NO8P.C30H43NO6.C3H8ClO2P/c1-34(2,3)45-33(37)35(21-13-7-8-14-22-41-23-15-12-18-28-16-10-9-11-17-28)25-31(36)29-19-20-32(42-27-43-46(4,5)38)30(24-29)26-44-47(6,39)40;1-33(2,3)42-32(37)34(20-12-6-7-13-21-39-22-14-11-17-27-15-9-8-10-16-27)24-30(36)28-18-19-31(29(23-28)25-35)40-26-41-43(4,5)38;1-30(2,3)37-29(35)31(22-28(34)25-16-17-27(33)26(21-25)23-32)18-10-4-5-11-19-36-20-12-9-15-24-13-7-6-8-14-24;1-7(2,5)6-3-4/h9-11,16-17,19-20,24,31,36H,7-8,12-15,18,21-23,25-27H2,1-6H3;8-10,15-16,18-19,23,25,30,36H,6-7,11-14,17,20-22,24,26H2,1-5H3;6-8,13-14,16-17,21,23,28,33-34H,4-5,9-12,15,18-20,22H2,1-3H3;3H2,1-2H3. The van der Waals surface area contributed by atoms with Crippen molar-refractivity contribution in [2.45, 2.75) is 239 Å². The molecule has 0 aliphatic carbocycles. The van der Waals surface area contributed by atoms with E-state index < -0.39 is 85.6 Å². The number of nitrogens with zero attached hydrogens (tertiary/aromatic N) is 3. The molecule has 0 bridgehead atoms. The van der Waals surface area contributed by atoms with Gasteiger partial charge in [0.15, 0.2) is 48.3 Å². The van der Waals surface area contributed by atoms with Gasteiger partial charge in [-0.15, -0.1) is 0 Å². The van der Waals surface area contributed by atoms with Gasteiger partial charge in [0.1, 0.15) is 40.1 Å². The number of halogens is 1. The highest BCUT2D eigenvalue weighted by atomic mass is 35.5. The molecule has 34 heteroatoms. The largest absolute Gasteiger partial charge is 0.507 e. The summed E-state index contributed by atoms with van der Waals surface area (Å²) >= 11 is 5.09. The van der Waals surface area contributed by atoms with E-state index in [0.29, 0.717) is 61.1 Å². The van der Waals surface area contributed by atoms with Crippen LogP contribution < -0.4 is 9.47 Å². The van der Waals surface area contributed by atoms with Gasteiger partial charge in [0.2, 0.25) is 0 Å². The zero-order chi connectivity index (χ0) is 99.7. The second-order valence-electron chi connectivity index (χ2n) is 36.7. The number of rotatable bonds is 60. The number of hydrogen-bond acceptors (Lipinski definition) is 26. The molecule has 4 N–H and O–H groups in total. The molecule has 6 rings (SSSR count). The van der Waals surface area contributed by atoms with Gasteiger partial charge >= 0.3 is 18.3 Å². The number of aliphatic hydroxyl groups is 3. The lowest BCUT2D eigenvalue weighted by atomic mass is 10.0. The summed E-state index contributed by atoms with van der Waals surface area (Å²) in [4.78, 5) is 66.1. The summed E-state index contributed by atoms with van der Waals surface area (Å²) in [6, 6.07) is 45.2. The highest BCUT2D eigenvalue weighted by Gasteiger charge is 2.30. The maximum atomic E-state index is 13.1. The molecule has 29 nitrogen and oxygen atoms in total. The average Bonchev–Trinajstić information content (AvgIpc) is 0.799. The van der Waals surface area contributed by atoms with Gasteiger partial charge in [-0.3, -0.25) is 36.5 Å². The lowest BCUT2D eigenvalue weighted by Gasteiger charge is -2.29. The minimum Gasteiger partial charge on any atom is -0.507 e. The van der Waals surface area contributed by atoms with E-state index in [9.17, 15) is 66.5 Å². The number of carbonyl (C=O) groups is 5. The normalized spacial score (nSPS) is 12.5. The smallest absolute Gasteiger partial charge is 0.410 e. The number of hydrogen-bond donors (Lipinski definition) is 4. The molecule has 6 aromatic rings. The van der Waals surface area contributed by atoms with E-state index in [1.54, 1.807) is 98.7 Å². The molecular weight excluding hydrogens is 1820 g/mol. The number of aryl methyl sites for hydroxylation is 3. The molecule has 0 spiro atoms. The third kappa shape index (κ3) is 60.9. The molecule has 0 fully saturated rings. The Morgan fingerprint density at radius 1 is 0.403 bits per heavy atom. The molecule has 0 radical (unpaired) electrons. The summed E-state index contributed by atoms with van der Waals surface area (Å²) < 4.78 is 122. The SMILES string of the molecule is CC(C)(C)OC(=O)N(CCCCCCOCCCCc1ccccc1)CC(O)c1ccc(O)c(C=O)c1.CC(C)(C)OC(=O)N(CCCCCCOCCCCc1ccccc1)CC(O)c1ccc(OCOP(C)(C)=O)c(C=O)c1.CC(C)(C)OC(=O)N(CCCCCCOCCCCc1ccccc1)CC(O)c1ccc(OCOP(C)(C)=O)c(COS(C)(=O)=O)c1.CP(C)(=O)OCCl. The zero-order valence-corrected chi connectivity index (χ0v) is 86.4. The summed E-state index contributed by atoms with van der Waals surface area (Å²) in [5, 5.41) is 42.6. The van der Waals surface area contributed by atoms with Gasteiger partial charge in [-0.05, 0) is 228 Å². The van der Waals surface area contributed by atoms with Gasteiger partial charge in [-0.25, -0.2) is 14.4 Å². The first-order valence-electron chi connectivity index (χ1n) is 46.2. The first-order valence-corrected chi connectivity index (χ1v) is 56.1. The highest BCUT2D eigenvalue weighted by molar-refractivity contribution is 7.85. The molecule has 134 heavy (non-hydrogen) atoms. The predicted molar refractivity (Wildman–Crippen MR) is 529 cm³/mol. The van der Waals surface area contributed by atoms with Gasteiger partial charge in [-0.2, -0.15) is 8.42 Å². The van der Waals surface area contributed by atoms with E-state index in [1.165, 1.54) is 89.6 Å². The number of benzene rings is 6. The monoisotopic (exact) mass is 1970 g/mol. The molecule has 0 saturated heterocycles. The predicted octanol–water partition coefficient (Wildman–Crippen LogP) is 22.0. The minimum atomic E-state index is -3.77. The van der Waals surface area contributed by atoms with Crippen LogP contribution in [0.2, 0.25) is 0 Å². The number of phenols is 1. The lowest BCUT2D eigenvalue weighted by molar-refractivity contribution is 0.0133. The molecule has 0 aliphatic rings. The van der Waals surface area contributed by atoms with E-state index in [1.807, 2.05) is 18.2 Å². The molecule has 0 aliphatic heterocycles. The molecule has 754 valence electrons. The molecular formula is C100H155ClN3O26P3S. The van der Waals surface area contributed by atoms with Crippen molar-refractivity contribution in [1.82, 2.24) is 14.7 Å². The van der Waals surface area contributed by atoms with Gasteiger partial charge in [0.25, 0.3) is 10.1 Å². The second-order valence-corrected chi connectivity index (χ2v) is 46.8. The molecule has 6 aromatic carbocycles. The van der Waals surface area contributed by atoms with Crippen LogP contribution in [0.4, 0.5) is 14.4 Å². The Bertz CT molecular complexity index is 4540. The highest BCUT2D eigenvalue weighted by Crippen LogP contribution is 2.40. The van der Waals surface area contributed by atoms with Crippen LogP contribution in [0.3, 0.4) is 0 Å². The van der Waals surface area contributed by atoms with Crippen LogP contribution in [-0.4, -0.2) is 236 Å². The van der Waals surface area contributed by atoms with Crippen molar-refractivity contribution in [3.8, 4) is 17.2 Å². The summed E-state index contributed by atoms with van der Waals surface area (Å²) in [6.07, 6.45) is 17.8. The Morgan fingerprint density at radius 3 is 1.01 bits per heavy atom. The van der Waals surface area contributed by atoms with Gasteiger partial charge in [0, 0.05) is 105 Å². The maximum absolute atomic E-state index is 13.1. The fraction of sp³-hybridized carbons (Fsp3) is 0.590. The lowest BCUT2D eigenvalue weighted by Crippen LogP contribution is -2.39. The van der Waals surface area contributed by atoms with Gasteiger partial charge in [0.05, 0.1) is 61.9 Å². The van der Waals surface area contributed by atoms with E-state index in [2.05, 4.69) is 77.3 Å². The number of aldehydes is 2. The zero-order valence-electron chi connectivity index (χ0n) is 82.1. The Kier molecular flexibility index (Phi) is 58.7. The van der Waals surface area contributed by atoms with Gasteiger partial charge < -0.3 is 77.5 Å². The van der Waals surface area contributed by atoms with Crippen molar-refractivity contribution < 1.29 is 122 Å². The number of aromatic hydroxyl groups is 1. The Morgan fingerprint density at radius 2 is 0.701 bits per heavy atom. The topological polar surface area (TPSA) is 372 Å². The quantitative estimate of drug-likeness (QED) is 0.00524. The number of aliphatic hydroxyl groups excluding tert-OH is 3. The number of alkyl halides is 1. The Balaban J connectivity index is 0.000000501. The van der Waals surface area contributed by atoms with Crippen molar-refractivity contribution >= 4 is 74.7 Å². The fourth-order valence-corrected chi connectivity index (χ4v) is 14.7. The van der Waals surface area contributed by atoms with Crippen LogP contribution >= 0.6 is 33.7 Å². The summed E-state index contributed by atoms with van der Waals surface area (Å²) in [5.41, 5.74) is 4.02. The van der Waals surface area contributed by atoms with Crippen LogP contribution in [-0.2, 0) is 95.9 Å². The molecule has 0 saturated carbocycles. The van der Waals surface area contributed by atoms with Crippen LogP contribution in [0.25, 0.3) is 0 Å². The first kappa shape index (κ1) is 121. The Hall–Kier alpha value is -7.60. The first-order chi connectivity index (χ1) is 63.2. The van der Waals surface area contributed by atoms with Crippen LogP contribution in [0.1, 0.15) is 256 Å². The van der Waals surface area contributed by atoms with Crippen molar-refractivity contribution in [3.63, 3.8) is 0 Å². The number of carbonyl (C=O) groups excluding carboxylic acids is 5. The molecule has 3 atom stereocenters. The van der Waals surface area contributed by atoms with E-state index in [0.717, 1.165) is 174 Å². The second kappa shape index (κ2) is 65.3. The van der Waals surface area contributed by atoms with E-state index >= 15 is 0 Å². The maximum Gasteiger partial charge on any atom is 0.410 e. The number of phenolic OH excluding ortho intramolecular Hbond substituents is 1. The van der Waals surface area contributed by atoms with E-state index in [-0.39, 0.29) is 74.3 Å². The Labute approximate surface area is 803 Å². The molecule has 3 amide bonds. The van der Waals surface area contributed by atoms with Crippen LogP contribution in [0.15, 0.2) is 146 Å². The summed E-state index contributed by atoms with van der Waals surface area (Å²) in [6.45, 7) is 29.9. The van der Waals surface area contributed by atoms with Crippen molar-refractivity contribution in [1.29, 1.82) is 0 Å². The summed E-state index contributed by atoms with van der Waals surface area (Å²) in [5.74, 6) is 0.351. The number of amides is 3. The van der Waals surface area contributed by atoms with Crippen LogP contribution in [0, 0.1) is 0 Å². The third-order valence-corrected chi connectivity index (χ3v) is 22.6. The fourth-order valence-electron chi connectivity index (χ4n) is 12.8. The van der Waals surface area contributed by atoms with Crippen molar-refractivity contribution in [2.24, 2.45) is 0 Å². The minimum absolute atomic E-state index is 0.0114. The molecule has 0 heterocycles. The average molecular weight is 1980 g/mol.